The van der Waals surface area contributed by atoms with Crippen molar-refractivity contribution < 1.29 is 22.9 Å². The van der Waals surface area contributed by atoms with Crippen molar-refractivity contribution in [2.24, 2.45) is 5.73 Å². The van der Waals surface area contributed by atoms with Crippen LogP contribution < -0.4 is 22.1 Å². The summed E-state index contributed by atoms with van der Waals surface area (Å²) < 4.78 is 34.8. The van der Waals surface area contributed by atoms with E-state index in [1.54, 1.807) is 54.6 Å². The van der Waals surface area contributed by atoms with Crippen molar-refractivity contribution in [3.8, 4) is 5.75 Å². The molecule has 4 aromatic carbocycles. The average molecular weight is 465 g/mol. The number of aromatic hydroxyl groups is 1. The molecule has 0 aliphatic heterocycles. The second-order valence-corrected chi connectivity index (χ2v) is 8.58. The maximum atomic E-state index is 12.4. The molecule has 0 saturated heterocycles. The maximum Gasteiger partial charge on any atom is 0.297 e. The zero-order chi connectivity index (χ0) is 23.8. The fourth-order valence-corrected chi connectivity index (χ4v) is 4.43. The Balaban J connectivity index is 1.98. The topological polar surface area (TPSA) is 168 Å². The number of hydrogen-bond donors (Lipinski definition) is 6. The summed E-state index contributed by atoms with van der Waals surface area (Å²) in [4.78, 5) is 11.3. The van der Waals surface area contributed by atoms with Crippen molar-refractivity contribution in [2.75, 3.05) is 16.4 Å². The number of primary amides is 1. The van der Waals surface area contributed by atoms with E-state index in [-0.39, 0.29) is 17.1 Å². The van der Waals surface area contributed by atoms with Crippen molar-refractivity contribution in [1.29, 1.82) is 0 Å². The summed E-state index contributed by atoms with van der Waals surface area (Å²) in [6.45, 7) is 0. The third-order valence-electron chi connectivity index (χ3n) is 5.07. The number of carbonyl (C=O) groups is 1. The maximum absolute atomic E-state index is 12.4. The lowest BCUT2D eigenvalue weighted by atomic mass is 10.1. The van der Waals surface area contributed by atoms with E-state index in [9.17, 15) is 22.9 Å². The molecule has 0 heterocycles. The molecule has 8 N–H and O–H groups in total. The van der Waals surface area contributed by atoms with Gasteiger partial charge in [0.15, 0.2) is 0 Å². The molecule has 0 fully saturated rings. The van der Waals surface area contributed by atoms with Crippen LogP contribution >= 0.6 is 0 Å². The standard InChI is InChI=1S/C23H20N4O5S/c24-16-7-1-2-8-18(16)26-19-12-11-15(23(25)29)22(33(30,31)32)21(19)27-17-9-3-6-14-13(17)5-4-10-20(14)28/h1-12,26-28H,24H2,(H2,25,29)(H,30,31,32). The van der Waals surface area contributed by atoms with Crippen LogP contribution in [0.4, 0.5) is 28.4 Å². The SMILES string of the molecule is NC(=O)c1ccc(Nc2ccccc2N)c(Nc2cccc3c(O)cccc23)c1S(=O)(=O)O. The van der Waals surface area contributed by atoms with E-state index in [2.05, 4.69) is 10.6 Å². The third-order valence-corrected chi connectivity index (χ3v) is 6.01. The molecule has 168 valence electrons. The molecule has 0 atom stereocenters. The van der Waals surface area contributed by atoms with Crippen molar-refractivity contribution in [3.63, 3.8) is 0 Å². The number of hydrogen-bond acceptors (Lipinski definition) is 7. The molecule has 0 radical (unpaired) electrons. The van der Waals surface area contributed by atoms with Gasteiger partial charge in [0.05, 0.1) is 28.3 Å². The van der Waals surface area contributed by atoms with Crippen LogP contribution in [0.15, 0.2) is 77.7 Å². The minimum atomic E-state index is -4.90. The first-order valence-electron chi connectivity index (χ1n) is 9.70. The fourth-order valence-electron chi connectivity index (χ4n) is 3.57. The zero-order valence-electron chi connectivity index (χ0n) is 17.1. The minimum absolute atomic E-state index is 0.0347. The molecule has 4 rings (SSSR count). The van der Waals surface area contributed by atoms with E-state index in [1.807, 2.05) is 0 Å². The summed E-state index contributed by atoms with van der Waals surface area (Å²) in [5.74, 6) is -1.00. The van der Waals surface area contributed by atoms with Crippen LogP contribution in [0.3, 0.4) is 0 Å². The summed E-state index contributed by atoms with van der Waals surface area (Å²) in [7, 11) is -4.90. The van der Waals surface area contributed by atoms with Gasteiger partial charge in [-0.2, -0.15) is 8.42 Å². The summed E-state index contributed by atoms with van der Waals surface area (Å²) in [6, 6.07) is 19.4. The first kappa shape index (κ1) is 21.9. The number of fused-ring (bicyclic) bond motifs is 1. The Hall–Kier alpha value is -4.28. The molecule has 0 saturated carbocycles. The fraction of sp³-hybridized carbons (Fsp3) is 0. The highest BCUT2D eigenvalue weighted by atomic mass is 32.2. The predicted octanol–water partition coefficient (Wildman–Crippen LogP) is 3.96. The smallest absolute Gasteiger partial charge is 0.297 e. The average Bonchev–Trinajstić information content (AvgIpc) is 2.76. The number of nitrogen functional groups attached to an aromatic ring is 1. The van der Waals surface area contributed by atoms with Crippen LogP contribution in [-0.2, 0) is 10.1 Å². The molecule has 0 unspecified atom stereocenters. The Morgan fingerprint density at radius 1 is 0.788 bits per heavy atom. The van der Waals surface area contributed by atoms with Crippen LogP contribution in [0.25, 0.3) is 10.8 Å². The van der Waals surface area contributed by atoms with Gasteiger partial charge in [-0.15, -0.1) is 0 Å². The molecule has 1 amide bonds. The van der Waals surface area contributed by atoms with Gasteiger partial charge >= 0.3 is 0 Å². The van der Waals surface area contributed by atoms with E-state index < -0.39 is 26.5 Å². The van der Waals surface area contributed by atoms with Crippen molar-refractivity contribution >= 4 is 55.2 Å². The van der Waals surface area contributed by atoms with E-state index in [4.69, 9.17) is 11.5 Å². The Morgan fingerprint density at radius 2 is 1.45 bits per heavy atom. The first-order chi connectivity index (χ1) is 15.7. The molecule has 33 heavy (non-hydrogen) atoms. The Morgan fingerprint density at radius 3 is 2.15 bits per heavy atom. The van der Waals surface area contributed by atoms with Crippen LogP contribution in [0, 0.1) is 0 Å². The minimum Gasteiger partial charge on any atom is -0.507 e. The van der Waals surface area contributed by atoms with E-state index >= 15 is 0 Å². The summed E-state index contributed by atoms with van der Waals surface area (Å²) in [5.41, 5.74) is 12.4. The van der Waals surface area contributed by atoms with Gasteiger partial charge in [-0.25, -0.2) is 0 Å². The molecule has 0 bridgehead atoms. The van der Waals surface area contributed by atoms with Crippen LogP contribution in [0.2, 0.25) is 0 Å². The zero-order valence-corrected chi connectivity index (χ0v) is 17.9. The quantitative estimate of drug-likeness (QED) is 0.184. The van der Waals surface area contributed by atoms with Gasteiger partial charge in [0.2, 0.25) is 5.91 Å². The lowest BCUT2D eigenvalue weighted by Crippen LogP contribution is -2.18. The van der Waals surface area contributed by atoms with Crippen LogP contribution in [0.5, 0.6) is 5.75 Å². The highest BCUT2D eigenvalue weighted by molar-refractivity contribution is 7.86. The Kier molecular flexibility index (Phi) is 5.54. The third kappa shape index (κ3) is 4.25. The molecular weight excluding hydrogens is 444 g/mol. The van der Waals surface area contributed by atoms with Gasteiger partial charge in [0.1, 0.15) is 10.6 Å². The second-order valence-electron chi connectivity index (χ2n) is 7.22. The summed E-state index contributed by atoms with van der Waals surface area (Å²) in [6.07, 6.45) is 0. The van der Waals surface area contributed by atoms with Gasteiger partial charge in [0.25, 0.3) is 10.1 Å². The largest absolute Gasteiger partial charge is 0.507 e. The predicted molar refractivity (Wildman–Crippen MR) is 128 cm³/mol. The first-order valence-corrected chi connectivity index (χ1v) is 11.1. The number of carbonyl (C=O) groups excluding carboxylic acids is 1. The molecule has 0 aromatic heterocycles. The van der Waals surface area contributed by atoms with Crippen LogP contribution in [0.1, 0.15) is 10.4 Å². The number of para-hydroxylation sites is 2. The monoisotopic (exact) mass is 464 g/mol. The Labute approximate surface area is 189 Å². The van der Waals surface area contributed by atoms with Crippen molar-refractivity contribution in [2.45, 2.75) is 4.90 Å². The lowest BCUT2D eigenvalue weighted by Gasteiger charge is -2.20. The normalized spacial score (nSPS) is 11.3. The highest BCUT2D eigenvalue weighted by Gasteiger charge is 2.27. The lowest BCUT2D eigenvalue weighted by molar-refractivity contribution is 0.0997. The number of phenols is 1. The molecule has 4 aromatic rings. The number of anilines is 5. The number of nitrogens with one attached hydrogen (secondary N) is 2. The number of rotatable bonds is 6. The number of phenolic OH excluding ortho intramolecular Hbond substituents is 1. The van der Waals surface area contributed by atoms with Gasteiger partial charge in [-0.3, -0.25) is 9.35 Å². The molecular formula is C23H20N4O5S. The molecule has 0 spiro atoms. The van der Waals surface area contributed by atoms with E-state index in [1.165, 1.54) is 18.2 Å². The Bertz CT molecular complexity index is 1500. The summed E-state index contributed by atoms with van der Waals surface area (Å²) in [5, 5.41) is 17.3. The van der Waals surface area contributed by atoms with E-state index in [0.29, 0.717) is 27.8 Å². The number of nitrogens with two attached hydrogens (primary N) is 2. The second kappa shape index (κ2) is 8.34. The highest BCUT2D eigenvalue weighted by Crippen LogP contribution is 2.40. The molecule has 0 aliphatic rings. The van der Waals surface area contributed by atoms with Gasteiger partial charge in [-0.1, -0.05) is 36.4 Å². The van der Waals surface area contributed by atoms with Crippen molar-refractivity contribution in [1.82, 2.24) is 0 Å². The molecule has 0 aliphatic carbocycles. The van der Waals surface area contributed by atoms with Gasteiger partial charge < -0.3 is 27.2 Å². The van der Waals surface area contributed by atoms with Crippen molar-refractivity contribution in [3.05, 3.63) is 78.4 Å². The number of benzene rings is 4. The molecule has 10 heteroatoms. The van der Waals surface area contributed by atoms with E-state index in [0.717, 1.165) is 0 Å². The van der Waals surface area contributed by atoms with Crippen LogP contribution in [-0.4, -0.2) is 24.0 Å². The summed E-state index contributed by atoms with van der Waals surface area (Å²) >= 11 is 0. The van der Waals surface area contributed by atoms with Gasteiger partial charge in [-0.05, 0) is 36.4 Å². The number of amides is 1. The molecule has 9 nitrogen and oxygen atoms in total. The van der Waals surface area contributed by atoms with Gasteiger partial charge in [0, 0.05) is 16.5 Å².